The zero-order chi connectivity index (χ0) is 14.8. The average molecular weight is 407 g/mol. The van der Waals surface area contributed by atoms with Gasteiger partial charge in [0, 0.05) is 10.9 Å². The number of benzene rings is 1. The Morgan fingerprint density at radius 2 is 2.10 bits per heavy atom. The Morgan fingerprint density at radius 1 is 1.45 bits per heavy atom. The molecule has 1 N–H and O–H groups in total. The lowest BCUT2D eigenvalue weighted by atomic mass is 9.78. The third kappa shape index (κ3) is 3.61. The zero-order valence-electron chi connectivity index (χ0n) is 11.4. The molecule has 0 unspecified atom stereocenters. The van der Waals surface area contributed by atoms with Gasteiger partial charge in [-0.2, -0.15) is 0 Å². The van der Waals surface area contributed by atoms with Crippen LogP contribution in [0.1, 0.15) is 43.0 Å². The molecule has 0 atom stereocenters. The van der Waals surface area contributed by atoms with E-state index in [0.29, 0.717) is 16.0 Å². The Kier molecular flexibility index (Phi) is 5.24. The second-order valence-electron chi connectivity index (χ2n) is 5.68. The van der Waals surface area contributed by atoms with E-state index in [9.17, 15) is 9.18 Å². The van der Waals surface area contributed by atoms with Gasteiger partial charge in [-0.3, -0.25) is 4.79 Å². The molecule has 0 radical (unpaired) electrons. The number of halogens is 3. The lowest BCUT2D eigenvalue weighted by Crippen LogP contribution is -2.52. The van der Waals surface area contributed by atoms with Crippen LogP contribution in [0, 0.1) is 11.7 Å². The van der Waals surface area contributed by atoms with Crippen LogP contribution in [-0.4, -0.2) is 16.8 Å². The van der Waals surface area contributed by atoms with Crippen LogP contribution in [0.15, 0.2) is 22.7 Å². The van der Waals surface area contributed by atoms with Gasteiger partial charge in [0.2, 0.25) is 0 Å². The second kappa shape index (κ2) is 6.56. The van der Waals surface area contributed by atoms with Crippen LogP contribution >= 0.6 is 31.9 Å². The summed E-state index contributed by atoms with van der Waals surface area (Å²) in [4.78, 5) is 12.3. The van der Waals surface area contributed by atoms with E-state index in [-0.39, 0.29) is 11.4 Å². The lowest BCUT2D eigenvalue weighted by molar-refractivity contribution is 0.0874. The van der Waals surface area contributed by atoms with Crippen molar-refractivity contribution in [2.45, 2.75) is 38.1 Å². The molecule has 5 heteroatoms. The monoisotopic (exact) mass is 405 g/mol. The van der Waals surface area contributed by atoms with E-state index >= 15 is 0 Å². The highest BCUT2D eigenvalue weighted by molar-refractivity contribution is 9.10. The topological polar surface area (TPSA) is 29.1 Å². The van der Waals surface area contributed by atoms with Gasteiger partial charge in [-0.25, -0.2) is 4.39 Å². The van der Waals surface area contributed by atoms with E-state index in [1.807, 2.05) is 0 Å². The van der Waals surface area contributed by atoms with Gasteiger partial charge >= 0.3 is 0 Å². The highest BCUT2D eigenvalue weighted by Crippen LogP contribution is 2.33. The number of alkyl halides is 1. The number of carbonyl (C=O) groups excluding carboxylic acids is 1. The normalized spacial score (nSPS) is 26.3. The SMILES string of the molecule is CC1CCC(CBr)(NC(=O)c2ccc(Br)c(F)c2)CC1. The number of nitrogens with one attached hydrogen (secondary N) is 1. The first-order valence-corrected chi connectivity index (χ1v) is 8.71. The molecule has 20 heavy (non-hydrogen) atoms. The number of hydrogen-bond acceptors (Lipinski definition) is 1. The summed E-state index contributed by atoms with van der Waals surface area (Å²) in [5, 5.41) is 3.83. The van der Waals surface area contributed by atoms with Crippen molar-refractivity contribution in [3.05, 3.63) is 34.1 Å². The molecule has 1 amide bonds. The molecule has 1 aromatic rings. The number of hydrogen-bond donors (Lipinski definition) is 1. The molecule has 0 aromatic heterocycles. The average Bonchev–Trinajstić information content (AvgIpc) is 2.44. The molecule has 1 aliphatic rings. The molecule has 1 aliphatic carbocycles. The Balaban J connectivity index is 2.11. The van der Waals surface area contributed by atoms with Gasteiger partial charge in [-0.1, -0.05) is 22.9 Å². The van der Waals surface area contributed by atoms with Crippen molar-refractivity contribution in [1.29, 1.82) is 0 Å². The minimum absolute atomic E-state index is 0.201. The van der Waals surface area contributed by atoms with Gasteiger partial charge in [-0.05, 0) is 65.7 Å². The van der Waals surface area contributed by atoms with Crippen LogP contribution < -0.4 is 5.32 Å². The molecule has 1 saturated carbocycles. The third-order valence-corrected chi connectivity index (χ3v) is 5.76. The summed E-state index contributed by atoms with van der Waals surface area (Å²) in [5.41, 5.74) is 0.164. The molecule has 0 heterocycles. The molecular formula is C15H18Br2FNO. The number of carbonyl (C=O) groups is 1. The van der Waals surface area contributed by atoms with Gasteiger partial charge < -0.3 is 5.32 Å². The van der Waals surface area contributed by atoms with E-state index in [1.54, 1.807) is 12.1 Å². The van der Waals surface area contributed by atoms with E-state index in [1.165, 1.54) is 6.07 Å². The highest BCUT2D eigenvalue weighted by atomic mass is 79.9. The fourth-order valence-electron chi connectivity index (χ4n) is 2.56. The molecule has 0 bridgehead atoms. The maximum Gasteiger partial charge on any atom is 0.251 e. The van der Waals surface area contributed by atoms with Crippen molar-refractivity contribution < 1.29 is 9.18 Å². The Hall–Kier alpha value is -0.420. The Bertz CT molecular complexity index is 499. The minimum atomic E-state index is -0.414. The summed E-state index contributed by atoms with van der Waals surface area (Å²) in [7, 11) is 0. The fraction of sp³-hybridized carbons (Fsp3) is 0.533. The Morgan fingerprint density at radius 3 is 2.65 bits per heavy atom. The van der Waals surface area contributed by atoms with Crippen LogP contribution in [0.5, 0.6) is 0 Å². The van der Waals surface area contributed by atoms with Gasteiger partial charge in [-0.15, -0.1) is 0 Å². The number of amides is 1. The predicted molar refractivity (Wildman–Crippen MR) is 85.7 cm³/mol. The van der Waals surface area contributed by atoms with Gasteiger partial charge in [0.15, 0.2) is 0 Å². The molecule has 2 rings (SSSR count). The summed E-state index contributed by atoms with van der Waals surface area (Å²) >= 11 is 6.61. The maximum absolute atomic E-state index is 13.5. The van der Waals surface area contributed by atoms with E-state index in [2.05, 4.69) is 44.1 Å². The van der Waals surface area contributed by atoms with Crippen molar-refractivity contribution in [2.24, 2.45) is 5.92 Å². The molecule has 0 spiro atoms. The van der Waals surface area contributed by atoms with Crippen molar-refractivity contribution in [3.63, 3.8) is 0 Å². The predicted octanol–water partition coefficient (Wildman–Crippen LogP) is 4.66. The van der Waals surface area contributed by atoms with E-state index < -0.39 is 5.82 Å². The standard InChI is InChI=1S/C15H18Br2FNO/c1-10-4-6-15(9-16,7-5-10)19-14(20)11-2-3-12(17)13(18)8-11/h2-3,8,10H,4-7,9H2,1H3,(H,19,20). The number of rotatable bonds is 3. The summed E-state index contributed by atoms with van der Waals surface area (Å²) in [6, 6.07) is 4.47. The first-order valence-electron chi connectivity index (χ1n) is 6.79. The summed E-state index contributed by atoms with van der Waals surface area (Å²) in [6.07, 6.45) is 4.15. The molecule has 2 nitrogen and oxygen atoms in total. The molecular weight excluding hydrogens is 389 g/mol. The van der Waals surface area contributed by atoms with Crippen molar-refractivity contribution in [2.75, 3.05) is 5.33 Å². The third-order valence-electron chi connectivity index (χ3n) is 4.05. The van der Waals surface area contributed by atoms with E-state index in [4.69, 9.17) is 0 Å². The van der Waals surface area contributed by atoms with E-state index in [0.717, 1.165) is 31.0 Å². The zero-order valence-corrected chi connectivity index (χ0v) is 14.6. The molecule has 110 valence electrons. The first kappa shape index (κ1) is 16.0. The lowest BCUT2D eigenvalue weighted by Gasteiger charge is -2.39. The van der Waals surface area contributed by atoms with Gasteiger partial charge in [0.05, 0.1) is 10.0 Å². The highest BCUT2D eigenvalue weighted by Gasteiger charge is 2.34. The maximum atomic E-state index is 13.5. The van der Waals surface area contributed by atoms with Crippen molar-refractivity contribution in [1.82, 2.24) is 5.32 Å². The quantitative estimate of drug-likeness (QED) is 0.726. The van der Waals surface area contributed by atoms with Crippen molar-refractivity contribution in [3.8, 4) is 0 Å². The summed E-state index contributed by atoms with van der Waals surface area (Å²) < 4.78 is 13.9. The van der Waals surface area contributed by atoms with Gasteiger partial charge in [0.25, 0.3) is 5.91 Å². The second-order valence-corrected chi connectivity index (χ2v) is 7.09. The molecule has 0 saturated heterocycles. The molecule has 1 aromatic carbocycles. The first-order chi connectivity index (χ1) is 9.46. The largest absolute Gasteiger partial charge is 0.346 e. The van der Waals surface area contributed by atoms with Gasteiger partial charge in [0.1, 0.15) is 5.82 Å². The van der Waals surface area contributed by atoms with Crippen LogP contribution in [-0.2, 0) is 0 Å². The summed E-state index contributed by atoms with van der Waals surface area (Å²) in [6.45, 7) is 2.24. The smallest absolute Gasteiger partial charge is 0.251 e. The van der Waals surface area contributed by atoms with Crippen LogP contribution in [0.3, 0.4) is 0 Å². The molecule has 1 fully saturated rings. The van der Waals surface area contributed by atoms with Crippen LogP contribution in [0.4, 0.5) is 4.39 Å². The minimum Gasteiger partial charge on any atom is -0.346 e. The van der Waals surface area contributed by atoms with Crippen LogP contribution in [0.2, 0.25) is 0 Å². The fourth-order valence-corrected chi connectivity index (χ4v) is 3.50. The Labute approximate surface area is 135 Å². The summed E-state index contributed by atoms with van der Waals surface area (Å²) in [5.74, 6) is 0.0948. The molecule has 0 aliphatic heterocycles. The van der Waals surface area contributed by atoms with Crippen LogP contribution in [0.25, 0.3) is 0 Å². The van der Waals surface area contributed by atoms with Crippen molar-refractivity contribution >= 4 is 37.8 Å².